The van der Waals surface area contributed by atoms with Crippen molar-refractivity contribution in [3.05, 3.63) is 64.8 Å². The van der Waals surface area contributed by atoms with E-state index in [9.17, 15) is 4.79 Å². The monoisotopic (exact) mass is 467 g/mol. The van der Waals surface area contributed by atoms with Crippen LogP contribution >= 0.6 is 11.6 Å². The second kappa shape index (κ2) is 9.85. The molecule has 2 aliphatic rings. The second-order valence-corrected chi connectivity index (χ2v) is 8.75. The number of piperidine rings is 1. The maximum Gasteiger partial charge on any atom is 0.273 e. The van der Waals surface area contributed by atoms with Gasteiger partial charge < -0.3 is 19.3 Å². The summed E-state index contributed by atoms with van der Waals surface area (Å²) in [5.74, 6) is 1.60. The van der Waals surface area contributed by atoms with E-state index in [1.807, 2.05) is 42.5 Å². The van der Waals surface area contributed by atoms with Gasteiger partial charge in [-0.1, -0.05) is 35.3 Å². The third kappa shape index (κ3) is 4.99. The zero-order valence-electron chi connectivity index (χ0n) is 18.3. The maximum atomic E-state index is 12.9. The molecule has 172 valence electrons. The fraction of sp³-hybridized carbons (Fsp3) is 0.360. The van der Waals surface area contributed by atoms with Crippen molar-refractivity contribution in [3.63, 3.8) is 0 Å². The van der Waals surface area contributed by atoms with Gasteiger partial charge in [0.15, 0.2) is 23.0 Å². The van der Waals surface area contributed by atoms with Crippen molar-refractivity contribution in [2.45, 2.75) is 25.3 Å². The van der Waals surface area contributed by atoms with E-state index in [0.717, 1.165) is 24.2 Å². The number of nitrogens with one attached hydrogen (secondary N) is 1. The Bertz CT molecular complexity index is 1110. The fourth-order valence-corrected chi connectivity index (χ4v) is 4.49. The van der Waals surface area contributed by atoms with Crippen LogP contribution in [0.15, 0.2) is 53.1 Å². The molecule has 0 radical (unpaired) electrons. The van der Waals surface area contributed by atoms with Crippen molar-refractivity contribution in [1.82, 2.24) is 15.4 Å². The van der Waals surface area contributed by atoms with Gasteiger partial charge in [0.1, 0.15) is 13.2 Å². The number of aromatic nitrogens is 1. The molecule has 7 nitrogen and oxygen atoms in total. The van der Waals surface area contributed by atoms with E-state index in [1.165, 1.54) is 19.3 Å². The van der Waals surface area contributed by atoms with Crippen LogP contribution in [0.25, 0.3) is 11.3 Å². The number of amides is 1. The number of ether oxygens (including phenoxy) is 2. The lowest BCUT2D eigenvalue weighted by atomic mass is 10.0. The minimum atomic E-state index is -0.265. The Morgan fingerprint density at radius 2 is 1.76 bits per heavy atom. The van der Waals surface area contributed by atoms with Gasteiger partial charge in [0.25, 0.3) is 5.91 Å². The van der Waals surface area contributed by atoms with Gasteiger partial charge >= 0.3 is 0 Å². The van der Waals surface area contributed by atoms with Gasteiger partial charge in [0, 0.05) is 23.2 Å². The Balaban J connectivity index is 1.28. The molecule has 33 heavy (non-hydrogen) atoms. The second-order valence-electron chi connectivity index (χ2n) is 8.31. The predicted octanol–water partition coefficient (Wildman–Crippen LogP) is 4.72. The van der Waals surface area contributed by atoms with Crippen molar-refractivity contribution in [1.29, 1.82) is 0 Å². The Hall–Kier alpha value is -3.03. The van der Waals surface area contributed by atoms with Crippen LogP contribution in [-0.2, 0) is 0 Å². The summed E-state index contributed by atoms with van der Waals surface area (Å²) in [6.45, 7) is 3.55. The molecule has 8 heteroatoms. The van der Waals surface area contributed by atoms with Crippen LogP contribution in [0.3, 0.4) is 0 Å². The number of fused-ring (bicyclic) bond motifs is 1. The van der Waals surface area contributed by atoms with E-state index in [1.54, 1.807) is 6.07 Å². The number of nitrogens with zero attached hydrogens (tertiary/aromatic N) is 2. The van der Waals surface area contributed by atoms with Gasteiger partial charge in [-0.25, -0.2) is 0 Å². The predicted molar refractivity (Wildman–Crippen MR) is 125 cm³/mol. The number of benzene rings is 2. The third-order valence-electron chi connectivity index (χ3n) is 6.11. The molecule has 0 bridgehead atoms. The molecule has 3 heterocycles. The molecule has 3 aromatic rings. The number of halogens is 1. The van der Waals surface area contributed by atoms with E-state index >= 15 is 0 Å². The molecule has 5 rings (SSSR count). The Labute approximate surface area is 197 Å². The van der Waals surface area contributed by atoms with Gasteiger partial charge in [-0.15, -0.1) is 0 Å². The summed E-state index contributed by atoms with van der Waals surface area (Å²) in [4.78, 5) is 15.3. The molecule has 1 aromatic heterocycles. The van der Waals surface area contributed by atoms with Crippen molar-refractivity contribution < 1.29 is 18.8 Å². The van der Waals surface area contributed by atoms with E-state index in [-0.39, 0.29) is 17.6 Å². The summed E-state index contributed by atoms with van der Waals surface area (Å²) in [6.07, 6.45) is 3.58. The van der Waals surface area contributed by atoms with Gasteiger partial charge in [-0.05, 0) is 61.8 Å². The summed E-state index contributed by atoms with van der Waals surface area (Å²) in [6, 6.07) is 15.1. The molecule has 1 N–H and O–H groups in total. The van der Waals surface area contributed by atoms with E-state index in [4.69, 9.17) is 25.6 Å². The summed E-state index contributed by atoms with van der Waals surface area (Å²) < 4.78 is 16.6. The number of carbonyl (C=O) groups excluding carboxylic acids is 1. The molecule has 1 amide bonds. The van der Waals surface area contributed by atoms with Crippen LogP contribution in [0, 0.1) is 0 Å². The smallest absolute Gasteiger partial charge is 0.273 e. The van der Waals surface area contributed by atoms with Crippen LogP contribution < -0.4 is 14.8 Å². The molecule has 0 aliphatic carbocycles. The minimum absolute atomic E-state index is 0.0793. The molecule has 1 atom stereocenters. The number of hydrogen-bond donors (Lipinski definition) is 1. The average Bonchev–Trinajstić information content (AvgIpc) is 3.36. The molecule has 1 fully saturated rings. The molecule has 0 unspecified atom stereocenters. The van der Waals surface area contributed by atoms with Crippen LogP contribution in [0.1, 0.15) is 41.4 Å². The lowest BCUT2D eigenvalue weighted by molar-refractivity contribution is 0.0915. The highest BCUT2D eigenvalue weighted by molar-refractivity contribution is 6.30. The van der Waals surface area contributed by atoms with Crippen LogP contribution in [0.4, 0.5) is 0 Å². The molecular formula is C25H26ClN3O4. The normalized spacial score (nSPS) is 16.9. The number of hydrogen-bond acceptors (Lipinski definition) is 6. The number of likely N-dealkylation sites (tertiary alicyclic amines) is 1. The van der Waals surface area contributed by atoms with Gasteiger partial charge in [-0.3, -0.25) is 9.69 Å². The number of carbonyl (C=O) groups is 1. The summed E-state index contributed by atoms with van der Waals surface area (Å²) in [7, 11) is 0. The highest BCUT2D eigenvalue weighted by Gasteiger charge is 2.24. The van der Waals surface area contributed by atoms with E-state index in [0.29, 0.717) is 42.0 Å². The van der Waals surface area contributed by atoms with Gasteiger partial charge in [0.2, 0.25) is 0 Å². The highest BCUT2D eigenvalue weighted by Crippen LogP contribution is 2.34. The fourth-order valence-electron chi connectivity index (χ4n) is 4.37. The van der Waals surface area contributed by atoms with Crippen LogP contribution in [0.5, 0.6) is 11.5 Å². The lowest BCUT2D eigenvalue weighted by Crippen LogP contribution is -2.40. The Kier molecular flexibility index (Phi) is 6.51. The van der Waals surface area contributed by atoms with Gasteiger partial charge in [0.05, 0.1) is 6.04 Å². The van der Waals surface area contributed by atoms with Gasteiger partial charge in [-0.2, -0.15) is 0 Å². The highest BCUT2D eigenvalue weighted by atomic mass is 35.5. The SMILES string of the molecule is O=C(NC[C@H](c1ccc(Cl)cc1)N1CCCCC1)c1cc(-c2ccc3c(c2)OCCO3)on1. The molecule has 0 spiro atoms. The zero-order valence-corrected chi connectivity index (χ0v) is 19.0. The molecular weight excluding hydrogens is 442 g/mol. The largest absolute Gasteiger partial charge is 0.486 e. The summed E-state index contributed by atoms with van der Waals surface area (Å²) >= 11 is 6.08. The minimum Gasteiger partial charge on any atom is -0.486 e. The zero-order chi connectivity index (χ0) is 22.6. The average molecular weight is 468 g/mol. The van der Waals surface area contributed by atoms with Crippen molar-refractivity contribution in [2.75, 3.05) is 32.8 Å². The van der Waals surface area contributed by atoms with Crippen molar-refractivity contribution >= 4 is 17.5 Å². The summed E-state index contributed by atoms with van der Waals surface area (Å²) in [5, 5.41) is 7.74. The standard InChI is InChI=1S/C25H26ClN3O4/c26-19-7-4-17(5-8-19)21(29-10-2-1-3-11-29)16-27-25(30)20-15-23(33-28-20)18-6-9-22-24(14-18)32-13-12-31-22/h4-9,14-15,21H,1-3,10-13,16H2,(H,27,30)/t21-/m1/s1. The molecule has 0 saturated carbocycles. The Morgan fingerprint density at radius 1 is 1.00 bits per heavy atom. The Morgan fingerprint density at radius 3 is 2.55 bits per heavy atom. The summed E-state index contributed by atoms with van der Waals surface area (Å²) in [5.41, 5.74) is 2.16. The molecule has 1 saturated heterocycles. The lowest BCUT2D eigenvalue weighted by Gasteiger charge is -2.35. The first-order valence-corrected chi connectivity index (χ1v) is 11.7. The first-order chi connectivity index (χ1) is 16.2. The van der Waals surface area contributed by atoms with E-state index in [2.05, 4.69) is 15.4 Å². The first kappa shape index (κ1) is 21.8. The molecule has 2 aliphatic heterocycles. The van der Waals surface area contributed by atoms with Crippen molar-refractivity contribution in [3.8, 4) is 22.8 Å². The third-order valence-corrected chi connectivity index (χ3v) is 6.36. The quantitative estimate of drug-likeness (QED) is 0.565. The van der Waals surface area contributed by atoms with Crippen LogP contribution in [0.2, 0.25) is 5.02 Å². The van der Waals surface area contributed by atoms with E-state index < -0.39 is 0 Å². The molecule has 2 aromatic carbocycles. The maximum absolute atomic E-state index is 12.9. The van der Waals surface area contributed by atoms with Crippen molar-refractivity contribution in [2.24, 2.45) is 0 Å². The number of rotatable bonds is 6. The topological polar surface area (TPSA) is 76.8 Å². The first-order valence-electron chi connectivity index (χ1n) is 11.3. The van der Waals surface area contributed by atoms with Crippen LogP contribution in [-0.4, -0.2) is 48.8 Å².